The van der Waals surface area contributed by atoms with Gasteiger partial charge >= 0.3 is 0 Å². The molecule has 0 heterocycles. The predicted molar refractivity (Wildman–Crippen MR) is 92.4 cm³/mol. The van der Waals surface area contributed by atoms with E-state index >= 15 is 0 Å². The van der Waals surface area contributed by atoms with Crippen molar-refractivity contribution < 1.29 is 14.8 Å². The minimum absolute atomic E-state index is 0.0910. The number of nitrogens with one attached hydrogen (secondary N) is 1. The Morgan fingerprint density at radius 2 is 1.88 bits per heavy atom. The SMILES string of the molecule is CCN(CC(Cc1ccccc1)C(=O)NO)C(=O)C1CCCCC1. The summed E-state index contributed by atoms with van der Waals surface area (Å²) in [6, 6.07) is 9.69. The van der Waals surface area contributed by atoms with Crippen LogP contribution in [0.5, 0.6) is 0 Å². The van der Waals surface area contributed by atoms with E-state index in [1.165, 1.54) is 6.42 Å². The van der Waals surface area contributed by atoms with E-state index in [4.69, 9.17) is 5.21 Å². The molecule has 0 aliphatic heterocycles. The van der Waals surface area contributed by atoms with E-state index < -0.39 is 11.8 Å². The Labute approximate surface area is 144 Å². The smallest absolute Gasteiger partial charge is 0.248 e. The summed E-state index contributed by atoms with van der Waals surface area (Å²) in [4.78, 5) is 26.6. The molecule has 0 aromatic heterocycles. The second-order valence-corrected chi connectivity index (χ2v) is 6.57. The van der Waals surface area contributed by atoms with E-state index in [0.29, 0.717) is 19.5 Å². The Morgan fingerprint density at radius 1 is 1.21 bits per heavy atom. The van der Waals surface area contributed by atoms with Crippen molar-refractivity contribution in [1.29, 1.82) is 0 Å². The van der Waals surface area contributed by atoms with Crippen LogP contribution in [0.15, 0.2) is 30.3 Å². The molecule has 0 radical (unpaired) electrons. The average Bonchev–Trinajstić information content (AvgIpc) is 2.65. The Morgan fingerprint density at radius 3 is 2.46 bits per heavy atom. The van der Waals surface area contributed by atoms with Gasteiger partial charge in [-0.05, 0) is 31.7 Å². The van der Waals surface area contributed by atoms with Crippen LogP contribution in [0.2, 0.25) is 0 Å². The molecule has 132 valence electrons. The van der Waals surface area contributed by atoms with Crippen molar-refractivity contribution in [1.82, 2.24) is 10.4 Å². The molecule has 2 N–H and O–H groups in total. The predicted octanol–water partition coefficient (Wildman–Crippen LogP) is 2.78. The highest BCUT2D eigenvalue weighted by Gasteiger charge is 2.29. The maximum atomic E-state index is 12.8. The number of carbonyl (C=O) groups is 2. The minimum atomic E-state index is -0.454. The third-order valence-corrected chi connectivity index (χ3v) is 4.89. The first-order chi connectivity index (χ1) is 11.7. The average molecular weight is 332 g/mol. The fourth-order valence-electron chi connectivity index (χ4n) is 3.48. The van der Waals surface area contributed by atoms with E-state index in [1.807, 2.05) is 37.3 Å². The van der Waals surface area contributed by atoms with Gasteiger partial charge in [-0.15, -0.1) is 0 Å². The maximum absolute atomic E-state index is 12.8. The molecule has 24 heavy (non-hydrogen) atoms. The van der Waals surface area contributed by atoms with Crippen LogP contribution in [0.4, 0.5) is 0 Å². The fraction of sp³-hybridized carbons (Fsp3) is 0.579. The van der Waals surface area contributed by atoms with E-state index in [1.54, 1.807) is 10.4 Å². The third kappa shape index (κ3) is 5.06. The van der Waals surface area contributed by atoms with Gasteiger partial charge in [0.25, 0.3) is 0 Å². The van der Waals surface area contributed by atoms with Crippen molar-refractivity contribution in [2.45, 2.75) is 45.4 Å². The third-order valence-electron chi connectivity index (χ3n) is 4.89. The van der Waals surface area contributed by atoms with Crippen LogP contribution in [-0.2, 0) is 16.0 Å². The van der Waals surface area contributed by atoms with Crippen LogP contribution >= 0.6 is 0 Å². The molecule has 1 aromatic carbocycles. The van der Waals surface area contributed by atoms with E-state index in [9.17, 15) is 9.59 Å². The number of nitrogens with zero attached hydrogens (tertiary/aromatic N) is 1. The summed E-state index contributed by atoms with van der Waals surface area (Å²) in [5.74, 6) is -0.645. The van der Waals surface area contributed by atoms with Crippen molar-refractivity contribution in [2.75, 3.05) is 13.1 Å². The molecule has 1 atom stereocenters. The zero-order chi connectivity index (χ0) is 17.4. The molecule has 0 spiro atoms. The van der Waals surface area contributed by atoms with E-state index in [0.717, 1.165) is 31.2 Å². The summed E-state index contributed by atoms with van der Waals surface area (Å²) in [7, 11) is 0. The zero-order valence-electron chi connectivity index (χ0n) is 14.4. The molecule has 1 aromatic rings. The minimum Gasteiger partial charge on any atom is -0.342 e. The Bertz CT molecular complexity index is 527. The van der Waals surface area contributed by atoms with Gasteiger partial charge in [-0.2, -0.15) is 0 Å². The first-order valence-corrected chi connectivity index (χ1v) is 8.92. The molecule has 2 amide bonds. The van der Waals surface area contributed by atoms with Gasteiger partial charge in [0, 0.05) is 19.0 Å². The van der Waals surface area contributed by atoms with Crippen LogP contribution in [0, 0.1) is 11.8 Å². The number of amides is 2. The molecule has 1 aliphatic carbocycles. The van der Waals surface area contributed by atoms with Crippen molar-refractivity contribution in [3.05, 3.63) is 35.9 Å². The second-order valence-electron chi connectivity index (χ2n) is 6.57. The molecule has 1 saturated carbocycles. The lowest BCUT2D eigenvalue weighted by Crippen LogP contribution is -2.44. The van der Waals surface area contributed by atoms with Crippen molar-refractivity contribution in [3.8, 4) is 0 Å². The summed E-state index contributed by atoms with van der Waals surface area (Å²) in [6.45, 7) is 2.86. The largest absolute Gasteiger partial charge is 0.342 e. The number of benzene rings is 1. The number of hydrogen-bond donors (Lipinski definition) is 2. The molecular weight excluding hydrogens is 304 g/mol. The standard InChI is InChI=1S/C19H28N2O3/c1-2-21(19(23)16-11-7-4-8-12-16)14-17(18(22)20-24)13-15-9-5-3-6-10-15/h3,5-6,9-10,16-17,24H,2,4,7-8,11-14H2,1H3,(H,20,22). The number of hydrogen-bond acceptors (Lipinski definition) is 3. The number of hydroxylamine groups is 1. The summed E-state index contributed by atoms with van der Waals surface area (Å²) < 4.78 is 0. The van der Waals surface area contributed by atoms with Gasteiger partial charge in [0.05, 0.1) is 5.92 Å². The highest BCUT2D eigenvalue weighted by molar-refractivity contribution is 5.81. The van der Waals surface area contributed by atoms with Gasteiger partial charge in [0.15, 0.2) is 0 Å². The lowest BCUT2D eigenvalue weighted by Gasteiger charge is -2.30. The molecule has 2 rings (SSSR count). The lowest BCUT2D eigenvalue weighted by atomic mass is 9.88. The Hall–Kier alpha value is -1.88. The number of carbonyl (C=O) groups excluding carboxylic acids is 2. The van der Waals surface area contributed by atoms with Gasteiger partial charge in [0.1, 0.15) is 0 Å². The summed E-state index contributed by atoms with van der Waals surface area (Å²) >= 11 is 0. The van der Waals surface area contributed by atoms with Crippen LogP contribution < -0.4 is 5.48 Å². The van der Waals surface area contributed by atoms with Gasteiger partial charge < -0.3 is 4.90 Å². The van der Waals surface area contributed by atoms with Gasteiger partial charge in [-0.1, -0.05) is 49.6 Å². The summed E-state index contributed by atoms with van der Waals surface area (Å²) in [5, 5.41) is 9.05. The normalized spacial score (nSPS) is 16.4. The van der Waals surface area contributed by atoms with Crippen LogP contribution in [0.1, 0.15) is 44.6 Å². The molecule has 0 saturated heterocycles. The summed E-state index contributed by atoms with van der Waals surface area (Å²) in [5.41, 5.74) is 2.78. The first kappa shape index (κ1) is 18.5. The van der Waals surface area contributed by atoms with Gasteiger partial charge in [0.2, 0.25) is 11.8 Å². The Balaban J connectivity index is 2.04. The van der Waals surface area contributed by atoms with Crippen molar-refractivity contribution in [2.24, 2.45) is 11.8 Å². The number of rotatable bonds is 7. The Kier molecular flexibility index (Phi) is 7.25. The van der Waals surface area contributed by atoms with E-state index in [2.05, 4.69) is 0 Å². The van der Waals surface area contributed by atoms with Crippen molar-refractivity contribution in [3.63, 3.8) is 0 Å². The van der Waals surface area contributed by atoms with Crippen LogP contribution in [0.25, 0.3) is 0 Å². The van der Waals surface area contributed by atoms with Gasteiger partial charge in [-0.25, -0.2) is 5.48 Å². The summed E-state index contributed by atoms with van der Waals surface area (Å²) in [6.07, 6.45) is 5.83. The lowest BCUT2D eigenvalue weighted by molar-refractivity contribution is -0.140. The highest BCUT2D eigenvalue weighted by Crippen LogP contribution is 2.26. The molecule has 5 nitrogen and oxygen atoms in total. The van der Waals surface area contributed by atoms with Crippen molar-refractivity contribution >= 4 is 11.8 Å². The van der Waals surface area contributed by atoms with Crippen LogP contribution in [0.3, 0.4) is 0 Å². The zero-order valence-corrected chi connectivity index (χ0v) is 14.4. The van der Waals surface area contributed by atoms with Gasteiger partial charge in [-0.3, -0.25) is 14.8 Å². The molecule has 5 heteroatoms. The molecule has 1 fully saturated rings. The molecule has 0 bridgehead atoms. The second kappa shape index (κ2) is 9.42. The quantitative estimate of drug-likeness (QED) is 0.596. The van der Waals surface area contributed by atoms with E-state index in [-0.39, 0.29) is 11.8 Å². The molecule has 1 unspecified atom stereocenters. The first-order valence-electron chi connectivity index (χ1n) is 8.92. The topological polar surface area (TPSA) is 69.6 Å². The molecular formula is C19H28N2O3. The maximum Gasteiger partial charge on any atom is 0.248 e. The van der Waals surface area contributed by atoms with Crippen LogP contribution in [-0.4, -0.2) is 35.0 Å². The fourth-order valence-corrected chi connectivity index (χ4v) is 3.48. The monoisotopic (exact) mass is 332 g/mol. The molecule has 1 aliphatic rings. The highest BCUT2D eigenvalue weighted by atomic mass is 16.5.